The highest BCUT2D eigenvalue weighted by molar-refractivity contribution is 5.94. The van der Waals surface area contributed by atoms with E-state index in [1.165, 1.54) is 0 Å². The normalized spacial score (nSPS) is 11.5. The Labute approximate surface area is 185 Å². The zero-order chi connectivity index (χ0) is 23.2. The molecular weight excluding hydrogens is 392 g/mol. The molecular formula is C24H36N4O3. The number of methoxy groups -OCH3 is 1. The summed E-state index contributed by atoms with van der Waals surface area (Å²) in [5, 5.41) is 7.70. The number of benzene rings is 1. The number of ether oxygens (including phenoxy) is 1. The van der Waals surface area contributed by atoms with Gasteiger partial charge in [-0.3, -0.25) is 9.59 Å². The average Bonchev–Trinajstić information content (AvgIpc) is 3.11. The van der Waals surface area contributed by atoms with Crippen LogP contribution >= 0.6 is 0 Å². The van der Waals surface area contributed by atoms with Gasteiger partial charge in [-0.05, 0) is 36.6 Å². The summed E-state index contributed by atoms with van der Waals surface area (Å²) < 4.78 is 6.96. The van der Waals surface area contributed by atoms with Gasteiger partial charge >= 0.3 is 0 Å². The lowest BCUT2D eigenvalue weighted by Gasteiger charge is -2.24. The van der Waals surface area contributed by atoms with Gasteiger partial charge in [-0.15, -0.1) is 0 Å². The molecule has 1 N–H and O–H groups in total. The van der Waals surface area contributed by atoms with E-state index in [9.17, 15) is 9.59 Å². The summed E-state index contributed by atoms with van der Waals surface area (Å²) in [5.41, 5.74) is 1.49. The van der Waals surface area contributed by atoms with Gasteiger partial charge in [0.05, 0.1) is 25.0 Å². The van der Waals surface area contributed by atoms with Crippen molar-refractivity contribution in [2.75, 3.05) is 25.5 Å². The third-order valence-corrected chi connectivity index (χ3v) is 4.80. The number of nitrogens with one attached hydrogen (secondary N) is 1. The maximum atomic E-state index is 12.9. The molecule has 0 saturated heterocycles. The molecule has 0 saturated carbocycles. The molecule has 2 amide bonds. The summed E-state index contributed by atoms with van der Waals surface area (Å²) in [7, 11) is 1.62. The predicted octanol–water partition coefficient (Wildman–Crippen LogP) is 4.40. The average molecular weight is 429 g/mol. The van der Waals surface area contributed by atoms with Crippen molar-refractivity contribution in [3.63, 3.8) is 0 Å². The fraction of sp³-hybridized carbons (Fsp3) is 0.542. The monoisotopic (exact) mass is 428 g/mol. The van der Waals surface area contributed by atoms with Crippen LogP contribution in [0.4, 0.5) is 5.82 Å². The molecule has 1 aromatic carbocycles. The van der Waals surface area contributed by atoms with Gasteiger partial charge in [0.15, 0.2) is 0 Å². The van der Waals surface area contributed by atoms with E-state index in [4.69, 9.17) is 9.84 Å². The smallest absolute Gasteiger partial charge is 0.245 e. The van der Waals surface area contributed by atoms with Crippen molar-refractivity contribution >= 4 is 17.6 Å². The number of anilines is 1. The molecule has 7 heteroatoms. The molecule has 31 heavy (non-hydrogen) atoms. The SMILES string of the molecule is CCCC(=O)N(CC(=O)Nc1cc(C(C)(C)C)nn1-c1ccc(OC)cc1)CC(C)C. The van der Waals surface area contributed by atoms with Gasteiger partial charge in [-0.1, -0.05) is 41.5 Å². The second-order valence-electron chi connectivity index (χ2n) is 9.24. The topological polar surface area (TPSA) is 76.5 Å². The second-order valence-corrected chi connectivity index (χ2v) is 9.24. The Morgan fingerprint density at radius 1 is 1.19 bits per heavy atom. The minimum Gasteiger partial charge on any atom is -0.497 e. The highest BCUT2D eigenvalue weighted by Crippen LogP contribution is 2.27. The summed E-state index contributed by atoms with van der Waals surface area (Å²) in [6.45, 7) is 12.9. The summed E-state index contributed by atoms with van der Waals surface area (Å²) in [5.74, 6) is 1.38. The van der Waals surface area contributed by atoms with Crippen molar-refractivity contribution in [1.82, 2.24) is 14.7 Å². The number of aromatic nitrogens is 2. The van der Waals surface area contributed by atoms with E-state index < -0.39 is 0 Å². The van der Waals surface area contributed by atoms with Crippen LogP contribution in [-0.2, 0) is 15.0 Å². The molecule has 0 aliphatic carbocycles. The minimum absolute atomic E-state index is 0.00499. The first-order valence-electron chi connectivity index (χ1n) is 10.9. The second kappa shape index (κ2) is 10.5. The summed E-state index contributed by atoms with van der Waals surface area (Å²) in [4.78, 5) is 27.0. The maximum absolute atomic E-state index is 12.9. The number of hydrogen-bond donors (Lipinski definition) is 1. The molecule has 0 aliphatic rings. The van der Waals surface area contributed by atoms with Crippen LogP contribution in [0, 0.1) is 5.92 Å². The Morgan fingerprint density at radius 2 is 1.84 bits per heavy atom. The van der Waals surface area contributed by atoms with Gasteiger partial charge in [-0.2, -0.15) is 5.10 Å². The van der Waals surface area contributed by atoms with Gasteiger partial charge in [0.2, 0.25) is 11.8 Å². The molecule has 1 aromatic heterocycles. The molecule has 0 spiro atoms. The fourth-order valence-corrected chi connectivity index (χ4v) is 3.18. The Morgan fingerprint density at radius 3 is 2.35 bits per heavy atom. The third kappa shape index (κ3) is 6.84. The lowest BCUT2D eigenvalue weighted by Crippen LogP contribution is -2.40. The number of nitrogens with zero attached hydrogens (tertiary/aromatic N) is 3. The summed E-state index contributed by atoms with van der Waals surface area (Å²) >= 11 is 0. The standard InChI is InChI=1S/C24H36N4O3/c1-8-9-23(30)27(15-17(2)3)16-22(29)25-21-14-20(24(4,5)6)26-28(21)18-10-12-19(31-7)13-11-18/h10-14,17H,8-9,15-16H2,1-7H3,(H,25,29). The highest BCUT2D eigenvalue weighted by Gasteiger charge is 2.23. The molecule has 0 atom stereocenters. The number of carbonyl (C=O) groups excluding carboxylic acids is 2. The van der Waals surface area contributed by atoms with Crippen LogP contribution in [0.15, 0.2) is 30.3 Å². The Balaban J connectivity index is 2.29. The summed E-state index contributed by atoms with van der Waals surface area (Å²) in [6, 6.07) is 9.39. The zero-order valence-corrected chi connectivity index (χ0v) is 19.9. The molecule has 2 rings (SSSR count). The van der Waals surface area contributed by atoms with E-state index in [1.807, 2.05) is 51.1 Å². The number of carbonyl (C=O) groups is 2. The van der Waals surface area contributed by atoms with E-state index in [2.05, 4.69) is 26.1 Å². The molecule has 0 radical (unpaired) electrons. The predicted molar refractivity (Wildman–Crippen MR) is 124 cm³/mol. The molecule has 0 aliphatic heterocycles. The van der Waals surface area contributed by atoms with Gasteiger partial charge in [-0.25, -0.2) is 4.68 Å². The van der Waals surface area contributed by atoms with Crippen LogP contribution in [-0.4, -0.2) is 46.7 Å². The van der Waals surface area contributed by atoms with E-state index in [0.29, 0.717) is 18.8 Å². The van der Waals surface area contributed by atoms with E-state index in [-0.39, 0.29) is 29.7 Å². The van der Waals surface area contributed by atoms with Crippen LogP contribution in [0.3, 0.4) is 0 Å². The Bertz CT molecular complexity index is 879. The van der Waals surface area contributed by atoms with Gasteiger partial charge in [0.25, 0.3) is 0 Å². The molecule has 1 heterocycles. The first-order chi connectivity index (χ1) is 14.5. The van der Waals surface area contributed by atoms with Crippen molar-refractivity contribution in [3.8, 4) is 11.4 Å². The first-order valence-corrected chi connectivity index (χ1v) is 10.9. The van der Waals surface area contributed by atoms with Crippen molar-refractivity contribution in [3.05, 3.63) is 36.0 Å². The van der Waals surface area contributed by atoms with Gasteiger partial charge < -0.3 is 15.0 Å². The number of rotatable bonds is 9. The minimum atomic E-state index is -0.236. The highest BCUT2D eigenvalue weighted by atomic mass is 16.5. The largest absolute Gasteiger partial charge is 0.497 e. The third-order valence-electron chi connectivity index (χ3n) is 4.80. The van der Waals surface area contributed by atoms with E-state index in [1.54, 1.807) is 16.7 Å². The van der Waals surface area contributed by atoms with Crippen molar-refractivity contribution in [1.29, 1.82) is 0 Å². The summed E-state index contributed by atoms with van der Waals surface area (Å²) in [6.07, 6.45) is 1.20. The van der Waals surface area contributed by atoms with E-state index >= 15 is 0 Å². The van der Waals surface area contributed by atoms with Crippen LogP contribution in [0.1, 0.15) is 60.1 Å². The molecule has 2 aromatic rings. The Kier molecular flexibility index (Phi) is 8.25. The zero-order valence-electron chi connectivity index (χ0n) is 19.9. The number of amides is 2. The van der Waals surface area contributed by atoms with Gasteiger partial charge in [0.1, 0.15) is 11.6 Å². The van der Waals surface area contributed by atoms with Crippen LogP contribution in [0.2, 0.25) is 0 Å². The van der Waals surface area contributed by atoms with Crippen LogP contribution in [0.5, 0.6) is 5.75 Å². The van der Waals surface area contributed by atoms with Crippen LogP contribution in [0.25, 0.3) is 5.69 Å². The Hall–Kier alpha value is -2.83. The lowest BCUT2D eigenvalue weighted by molar-refractivity contribution is -0.135. The molecule has 0 unspecified atom stereocenters. The first kappa shape index (κ1) is 24.4. The lowest BCUT2D eigenvalue weighted by atomic mass is 9.92. The molecule has 0 bridgehead atoms. The van der Waals surface area contributed by atoms with E-state index in [0.717, 1.165) is 23.6 Å². The molecule has 7 nitrogen and oxygen atoms in total. The quantitative estimate of drug-likeness (QED) is 0.642. The maximum Gasteiger partial charge on any atom is 0.245 e. The van der Waals surface area contributed by atoms with Gasteiger partial charge in [0, 0.05) is 24.4 Å². The van der Waals surface area contributed by atoms with Crippen LogP contribution < -0.4 is 10.1 Å². The van der Waals surface area contributed by atoms with Crippen molar-refractivity contribution < 1.29 is 14.3 Å². The number of hydrogen-bond acceptors (Lipinski definition) is 4. The molecule has 0 fully saturated rings. The van der Waals surface area contributed by atoms with Crippen molar-refractivity contribution in [2.45, 2.75) is 59.8 Å². The fourth-order valence-electron chi connectivity index (χ4n) is 3.18. The molecule has 170 valence electrons. The van der Waals surface area contributed by atoms with Crippen molar-refractivity contribution in [2.24, 2.45) is 5.92 Å².